The number of nitrogens with one attached hydrogen (secondary N) is 1. The summed E-state index contributed by atoms with van der Waals surface area (Å²) >= 11 is 6.12. The zero-order chi connectivity index (χ0) is 20.3. The van der Waals surface area contributed by atoms with Crippen LogP contribution < -0.4 is 5.32 Å². The maximum atomic E-state index is 6.12. The average molecular weight is 418 g/mol. The van der Waals surface area contributed by atoms with E-state index in [-0.39, 0.29) is 0 Å². The van der Waals surface area contributed by atoms with Gasteiger partial charge < -0.3 is 14.5 Å². The molecule has 152 valence electrons. The minimum absolute atomic E-state index is 0.472. The smallest absolute Gasteiger partial charge is 0.137 e. The molecule has 3 heterocycles. The Hall–Kier alpha value is -2.66. The van der Waals surface area contributed by atoms with Crippen LogP contribution in [0.25, 0.3) is 28.0 Å². The van der Waals surface area contributed by atoms with Crippen LogP contribution in [0.15, 0.2) is 72.9 Å². The first kappa shape index (κ1) is 19.3. The van der Waals surface area contributed by atoms with Gasteiger partial charge in [0.25, 0.3) is 0 Å². The monoisotopic (exact) mass is 417 g/mol. The van der Waals surface area contributed by atoms with Crippen molar-refractivity contribution < 1.29 is 4.74 Å². The number of fused-ring (bicyclic) bond motifs is 1. The molecule has 1 N–H and O–H groups in total. The normalized spacial score (nSPS) is 15.0. The first-order chi connectivity index (χ1) is 14.8. The number of halogens is 1. The van der Waals surface area contributed by atoms with E-state index in [1.165, 1.54) is 11.1 Å². The second kappa shape index (κ2) is 8.60. The van der Waals surface area contributed by atoms with Crippen molar-refractivity contribution in [1.29, 1.82) is 0 Å². The lowest BCUT2D eigenvalue weighted by atomic mass is 10.1. The summed E-state index contributed by atoms with van der Waals surface area (Å²) in [5, 5.41) is 4.46. The average Bonchev–Trinajstić information content (AvgIpc) is 3.17. The van der Waals surface area contributed by atoms with Crippen LogP contribution in [0.2, 0.25) is 5.02 Å². The molecule has 0 unspecified atom stereocenters. The predicted octanol–water partition coefficient (Wildman–Crippen LogP) is 5.59. The first-order valence-electron chi connectivity index (χ1n) is 10.4. The maximum Gasteiger partial charge on any atom is 0.137 e. The van der Waals surface area contributed by atoms with Gasteiger partial charge in [-0.2, -0.15) is 0 Å². The van der Waals surface area contributed by atoms with Gasteiger partial charge in [-0.25, -0.2) is 4.98 Å². The molecule has 2 aromatic heterocycles. The Balaban J connectivity index is 1.57. The summed E-state index contributed by atoms with van der Waals surface area (Å²) < 4.78 is 7.73. The molecule has 1 aliphatic rings. The van der Waals surface area contributed by atoms with E-state index in [1.807, 2.05) is 30.3 Å². The summed E-state index contributed by atoms with van der Waals surface area (Å²) in [7, 11) is 0. The van der Waals surface area contributed by atoms with E-state index >= 15 is 0 Å². The molecule has 1 saturated heterocycles. The predicted molar refractivity (Wildman–Crippen MR) is 122 cm³/mol. The number of benzene rings is 2. The van der Waals surface area contributed by atoms with Crippen LogP contribution in [0.5, 0.6) is 0 Å². The van der Waals surface area contributed by atoms with Crippen molar-refractivity contribution in [2.75, 3.05) is 13.2 Å². The van der Waals surface area contributed by atoms with Gasteiger partial charge in [0, 0.05) is 42.6 Å². The molecule has 0 amide bonds. The van der Waals surface area contributed by atoms with Gasteiger partial charge in [0.2, 0.25) is 0 Å². The standard InChI is InChI=1S/C25H24ClN3O/c26-21-9-6-19(7-10-21)25-23(16-27-22-12-14-30-15-13-22)29-17-20(8-11-24(29)28-25)18-4-2-1-3-5-18/h1-11,17,22,27H,12-16H2. The van der Waals surface area contributed by atoms with E-state index < -0.39 is 0 Å². The number of hydrogen-bond acceptors (Lipinski definition) is 3. The Morgan fingerprint density at radius 2 is 1.63 bits per heavy atom. The lowest BCUT2D eigenvalue weighted by Crippen LogP contribution is -2.34. The fourth-order valence-corrected chi connectivity index (χ4v) is 4.17. The summed E-state index contributed by atoms with van der Waals surface area (Å²) in [4.78, 5) is 4.97. The highest BCUT2D eigenvalue weighted by Gasteiger charge is 2.18. The molecule has 0 bridgehead atoms. The molecule has 5 heteroatoms. The second-order valence-corrected chi connectivity index (χ2v) is 8.13. The van der Waals surface area contributed by atoms with Crippen molar-refractivity contribution >= 4 is 17.2 Å². The zero-order valence-corrected chi connectivity index (χ0v) is 17.5. The lowest BCUT2D eigenvalue weighted by Gasteiger charge is -2.23. The van der Waals surface area contributed by atoms with Gasteiger partial charge in [-0.1, -0.05) is 54.1 Å². The van der Waals surface area contributed by atoms with Crippen LogP contribution in [0.1, 0.15) is 18.5 Å². The second-order valence-electron chi connectivity index (χ2n) is 7.69. The molecule has 5 rings (SSSR count). The van der Waals surface area contributed by atoms with Crippen molar-refractivity contribution in [2.24, 2.45) is 0 Å². The Labute approximate surface area is 181 Å². The van der Waals surface area contributed by atoms with E-state index in [2.05, 4.69) is 52.3 Å². The highest BCUT2D eigenvalue weighted by Crippen LogP contribution is 2.28. The summed E-state index contributed by atoms with van der Waals surface area (Å²) in [5.74, 6) is 0. The molecule has 2 aromatic carbocycles. The molecule has 0 atom stereocenters. The molecule has 4 nitrogen and oxygen atoms in total. The van der Waals surface area contributed by atoms with Gasteiger partial charge in [0.1, 0.15) is 5.65 Å². The molecular formula is C25H24ClN3O. The van der Waals surface area contributed by atoms with Crippen LogP contribution in [0.4, 0.5) is 0 Å². The number of pyridine rings is 1. The van der Waals surface area contributed by atoms with Crippen LogP contribution in [-0.4, -0.2) is 28.6 Å². The number of nitrogens with zero attached hydrogens (tertiary/aromatic N) is 2. The van der Waals surface area contributed by atoms with Gasteiger partial charge in [0.05, 0.1) is 11.4 Å². The van der Waals surface area contributed by atoms with E-state index in [0.717, 1.165) is 60.2 Å². The molecular weight excluding hydrogens is 394 g/mol. The van der Waals surface area contributed by atoms with E-state index in [9.17, 15) is 0 Å². The Kier molecular flexibility index (Phi) is 5.54. The number of ether oxygens (including phenoxy) is 1. The zero-order valence-electron chi connectivity index (χ0n) is 16.7. The molecule has 4 aromatic rings. The van der Waals surface area contributed by atoms with E-state index in [1.54, 1.807) is 0 Å². The quantitative estimate of drug-likeness (QED) is 0.460. The largest absolute Gasteiger partial charge is 0.381 e. The van der Waals surface area contributed by atoms with Gasteiger partial charge in [-0.15, -0.1) is 0 Å². The van der Waals surface area contributed by atoms with Crippen LogP contribution in [-0.2, 0) is 11.3 Å². The molecule has 30 heavy (non-hydrogen) atoms. The molecule has 1 aliphatic heterocycles. The molecule has 1 fully saturated rings. The third-order valence-electron chi connectivity index (χ3n) is 5.72. The van der Waals surface area contributed by atoms with E-state index in [0.29, 0.717) is 6.04 Å². The van der Waals surface area contributed by atoms with Crippen molar-refractivity contribution in [1.82, 2.24) is 14.7 Å². The number of rotatable bonds is 5. The Morgan fingerprint density at radius 1 is 0.900 bits per heavy atom. The number of imidazole rings is 1. The topological polar surface area (TPSA) is 38.6 Å². The summed E-state index contributed by atoms with van der Waals surface area (Å²) in [6.45, 7) is 2.40. The van der Waals surface area contributed by atoms with Crippen molar-refractivity contribution in [3.8, 4) is 22.4 Å². The summed E-state index contributed by atoms with van der Waals surface area (Å²) in [6, 6.07) is 23.1. The SMILES string of the molecule is Clc1ccc(-c2nc3ccc(-c4ccccc4)cn3c2CNC2CCOCC2)cc1. The molecule has 0 saturated carbocycles. The third-order valence-corrected chi connectivity index (χ3v) is 5.97. The van der Waals surface area contributed by atoms with Crippen LogP contribution >= 0.6 is 11.6 Å². The van der Waals surface area contributed by atoms with Crippen LogP contribution in [0, 0.1) is 0 Å². The summed E-state index contributed by atoms with van der Waals surface area (Å²) in [5.41, 5.74) is 6.56. The molecule has 0 spiro atoms. The summed E-state index contributed by atoms with van der Waals surface area (Å²) in [6.07, 6.45) is 4.28. The fraction of sp³-hybridized carbons (Fsp3) is 0.240. The van der Waals surface area contributed by atoms with Gasteiger partial charge in [-0.05, 0) is 48.2 Å². The Morgan fingerprint density at radius 3 is 2.40 bits per heavy atom. The molecule has 0 aliphatic carbocycles. The first-order valence-corrected chi connectivity index (χ1v) is 10.8. The maximum absolute atomic E-state index is 6.12. The Bertz CT molecular complexity index is 1130. The highest BCUT2D eigenvalue weighted by atomic mass is 35.5. The minimum atomic E-state index is 0.472. The van der Waals surface area contributed by atoms with Crippen molar-refractivity contribution in [3.05, 3.63) is 83.6 Å². The molecule has 0 radical (unpaired) electrons. The lowest BCUT2D eigenvalue weighted by molar-refractivity contribution is 0.0775. The highest BCUT2D eigenvalue weighted by molar-refractivity contribution is 6.30. The van der Waals surface area contributed by atoms with Gasteiger partial charge >= 0.3 is 0 Å². The third kappa shape index (κ3) is 3.99. The van der Waals surface area contributed by atoms with Gasteiger partial charge in [0.15, 0.2) is 0 Å². The minimum Gasteiger partial charge on any atom is -0.381 e. The van der Waals surface area contributed by atoms with Crippen molar-refractivity contribution in [3.63, 3.8) is 0 Å². The number of hydrogen-bond donors (Lipinski definition) is 1. The van der Waals surface area contributed by atoms with Crippen molar-refractivity contribution in [2.45, 2.75) is 25.4 Å². The van der Waals surface area contributed by atoms with Gasteiger partial charge in [-0.3, -0.25) is 0 Å². The number of aromatic nitrogens is 2. The van der Waals surface area contributed by atoms with Crippen LogP contribution in [0.3, 0.4) is 0 Å². The van der Waals surface area contributed by atoms with E-state index in [4.69, 9.17) is 21.3 Å². The fourth-order valence-electron chi connectivity index (χ4n) is 4.05.